The van der Waals surface area contributed by atoms with Crippen molar-refractivity contribution in [3.63, 3.8) is 0 Å². The molecule has 0 rings (SSSR count). The molecule has 2 nitrogen and oxygen atoms in total. The second-order valence-corrected chi connectivity index (χ2v) is 5.38. The lowest BCUT2D eigenvalue weighted by atomic mass is 9.99. The van der Waals surface area contributed by atoms with Crippen LogP contribution in [0.4, 0.5) is 0 Å². The smallest absolute Gasteiger partial charge is 0.0725 e. The van der Waals surface area contributed by atoms with Crippen LogP contribution in [0.25, 0.3) is 0 Å². The molecule has 3 atom stereocenters. The fourth-order valence-electron chi connectivity index (χ4n) is 2.50. The summed E-state index contributed by atoms with van der Waals surface area (Å²) >= 11 is 0. The highest BCUT2D eigenvalue weighted by molar-refractivity contribution is 4.75. The molecule has 0 aliphatic rings. The van der Waals surface area contributed by atoms with Crippen molar-refractivity contribution in [3.8, 4) is 0 Å². The number of nitrogens with one attached hydrogen (secondary N) is 1. The Balaban J connectivity index is 4.09. The van der Waals surface area contributed by atoms with Crippen molar-refractivity contribution < 1.29 is 4.74 Å². The molecule has 2 heteroatoms. The second kappa shape index (κ2) is 12.0. The average molecular weight is 257 g/mol. The molecule has 0 aromatic heterocycles. The van der Waals surface area contributed by atoms with E-state index in [0.717, 1.165) is 18.9 Å². The zero-order valence-corrected chi connectivity index (χ0v) is 13.3. The van der Waals surface area contributed by atoms with Crippen LogP contribution in [0.3, 0.4) is 0 Å². The second-order valence-electron chi connectivity index (χ2n) is 5.38. The molecule has 18 heavy (non-hydrogen) atoms. The minimum atomic E-state index is 0.380. The first-order valence-electron chi connectivity index (χ1n) is 8.02. The first kappa shape index (κ1) is 17.9. The molecule has 0 radical (unpaired) electrons. The van der Waals surface area contributed by atoms with Crippen molar-refractivity contribution in [2.45, 2.75) is 84.8 Å². The van der Waals surface area contributed by atoms with Crippen molar-refractivity contribution in [2.75, 3.05) is 13.7 Å². The molecule has 0 aromatic carbocycles. The van der Waals surface area contributed by atoms with Crippen molar-refractivity contribution in [2.24, 2.45) is 5.92 Å². The number of ether oxygens (including phenoxy) is 1. The Labute approximate surface area is 115 Å². The van der Waals surface area contributed by atoms with E-state index in [1.807, 2.05) is 0 Å². The molecular formula is C16H35NO. The number of hydrogen-bond donors (Lipinski definition) is 1. The number of hydrogen-bond acceptors (Lipinski definition) is 2. The van der Waals surface area contributed by atoms with E-state index >= 15 is 0 Å². The molecule has 3 unspecified atom stereocenters. The number of unbranched alkanes of at least 4 members (excludes halogenated alkanes) is 1. The van der Waals surface area contributed by atoms with Gasteiger partial charge in [-0.25, -0.2) is 0 Å². The van der Waals surface area contributed by atoms with Crippen LogP contribution < -0.4 is 5.32 Å². The lowest BCUT2D eigenvalue weighted by molar-refractivity contribution is 0.000871. The molecule has 0 spiro atoms. The summed E-state index contributed by atoms with van der Waals surface area (Å²) in [5.41, 5.74) is 0. The standard InChI is InChI=1S/C16H35NO/c1-6-10-12-14(8-3)13-18-16(9-4)15(17-5)11-7-2/h14-17H,6-13H2,1-5H3. The molecular weight excluding hydrogens is 222 g/mol. The first-order valence-corrected chi connectivity index (χ1v) is 8.02. The minimum absolute atomic E-state index is 0.380. The van der Waals surface area contributed by atoms with Crippen molar-refractivity contribution in [1.29, 1.82) is 0 Å². The van der Waals surface area contributed by atoms with E-state index in [2.05, 4.69) is 40.1 Å². The zero-order valence-electron chi connectivity index (χ0n) is 13.3. The largest absolute Gasteiger partial charge is 0.376 e. The maximum Gasteiger partial charge on any atom is 0.0725 e. The van der Waals surface area contributed by atoms with Gasteiger partial charge in [0.05, 0.1) is 6.10 Å². The van der Waals surface area contributed by atoms with Crippen LogP contribution in [0.2, 0.25) is 0 Å². The van der Waals surface area contributed by atoms with Crippen LogP contribution in [0.15, 0.2) is 0 Å². The van der Waals surface area contributed by atoms with E-state index in [-0.39, 0.29) is 0 Å². The monoisotopic (exact) mass is 257 g/mol. The summed E-state index contributed by atoms with van der Waals surface area (Å²) < 4.78 is 6.18. The third-order valence-corrected chi connectivity index (χ3v) is 3.91. The molecule has 0 saturated heterocycles. The molecule has 0 saturated carbocycles. The van der Waals surface area contributed by atoms with Gasteiger partial charge < -0.3 is 10.1 Å². The van der Waals surface area contributed by atoms with E-state index < -0.39 is 0 Å². The summed E-state index contributed by atoms with van der Waals surface area (Å²) in [6.45, 7) is 9.97. The van der Waals surface area contributed by atoms with Gasteiger partial charge in [-0.3, -0.25) is 0 Å². The molecule has 1 N–H and O–H groups in total. The third-order valence-electron chi connectivity index (χ3n) is 3.91. The van der Waals surface area contributed by atoms with Gasteiger partial charge in [-0.15, -0.1) is 0 Å². The summed E-state index contributed by atoms with van der Waals surface area (Å²) in [6, 6.07) is 0.517. The molecule has 0 fully saturated rings. The fraction of sp³-hybridized carbons (Fsp3) is 1.00. The van der Waals surface area contributed by atoms with Gasteiger partial charge in [-0.1, -0.05) is 53.4 Å². The first-order chi connectivity index (χ1) is 8.73. The Morgan fingerprint density at radius 1 is 0.944 bits per heavy atom. The zero-order chi connectivity index (χ0) is 13.8. The van der Waals surface area contributed by atoms with Gasteiger partial charge in [0.1, 0.15) is 0 Å². The van der Waals surface area contributed by atoms with Gasteiger partial charge in [0, 0.05) is 12.6 Å². The van der Waals surface area contributed by atoms with Gasteiger partial charge in [0.15, 0.2) is 0 Å². The van der Waals surface area contributed by atoms with E-state index in [1.54, 1.807) is 0 Å². The van der Waals surface area contributed by atoms with E-state index in [0.29, 0.717) is 12.1 Å². The summed E-state index contributed by atoms with van der Waals surface area (Å²) in [7, 11) is 2.06. The highest BCUT2D eigenvalue weighted by atomic mass is 16.5. The summed E-state index contributed by atoms with van der Waals surface area (Å²) in [6.07, 6.45) is 9.11. The maximum atomic E-state index is 6.18. The minimum Gasteiger partial charge on any atom is -0.376 e. The van der Waals surface area contributed by atoms with Crippen molar-refractivity contribution >= 4 is 0 Å². The molecule has 0 heterocycles. The van der Waals surface area contributed by atoms with Gasteiger partial charge in [0.2, 0.25) is 0 Å². The van der Waals surface area contributed by atoms with Crippen LogP contribution >= 0.6 is 0 Å². The molecule has 0 amide bonds. The lowest BCUT2D eigenvalue weighted by Gasteiger charge is -2.28. The van der Waals surface area contributed by atoms with Crippen LogP contribution in [-0.2, 0) is 4.74 Å². The highest BCUT2D eigenvalue weighted by Crippen LogP contribution is 2.16. The van der Waals surface area contributed by atoms with Crippen molar-refractivity contribution in [1.82, 2.24) is 5.32 Å². The number of rotatable bonds is 12. The summed E-state index contributed by atoms with van der Waals surface area (Å²) in [4.78, 5) is 0. The van der Waals surface area contributed by atoms with Crippen LogP contribution in [0.5, 0.6) is 0 Å². The Hall–Kier alpha value is -0.0800. The lowest BCUT2D eigenvalue weighted by Crippen LogP contribution is -2.39. The topological polar surface area (TPSA) is 21.3 Å². The summed E-state index contributed by atoms with van der Waals surface area (Å²) in [5, 5.41) is 3.41. The van der Waals surface area contributed by atoms with E-state index in [1.165, 1.54) is 38.5 Å². The van der Waals surface area contributed by atoms with Gasteiger partial charge in [-0.05, 0) is 32.2 Å². The van der Waals surface area contributed by atoms with Crippen LogP contribution in [0.1, 0.15) is 72.6 Å². The fourth-order valence-corrected chi connectivity index (χ4v) is 2.50. The summed E-state index contributed by atoms with van der Waals surface area (Å²) in [5.74, 6) is 0.748. The molecule has 0 aliphatic heterocycles. The Morgan fingerprint density at radius 2 is 1.67 bits per heavy atom. The predicted octanol–water partition coefficient (Wildman–Crippen LogP) is 4.39. The quantitative estimate of drug-likeness (QED) is 0.560. The average Bonchev–Trinajstić information content (AvgIpc) is 2.41. The van der Waals surface area contributed by atoms with E-state index in [9.17, 15) is 0 Å². The van der Waals surface area contributed by atoms with Crippen LogP contribution in [-0.4, -0.2) is 25.8 Å². The molecule has 0 aliphatic carbocycles. The van der Waals surface area contributed by atoms with Gasteiger partial charge in [-0.2, -0.15) is 0 Å². The Morgan fingerprint density at radius 3 is 2.11 bits per heavy atom. The number of likely N-dealkylation sites (N-methyl/N-ethyl adjacent to an activating group) is 1. The molecule has 0 aromatic rings. The Bertz CT molecular complexity index is 172. The normalized spacial score (nSPS) is 16.5. The van der Waals surface area contributed by atoms with Crippen molar-refractivity contribution in [3.05, 3.63) is 0 Å². The molecule has 0 bridgehead atoms. The highest BCUT2D eigenvalue weighted by Gasteiger charge is 2.19. The van der Waals surface area contributed by atoms with Gasteiger partial charge in [0.25, 0.3) is 0 Å². The van der Waals surface area contributed by atoms with E-state index in [4.69, 9.17) is 4.74 Å². The molecule has 110 valence electrons. The maximum absolute atomic E-state index is 6.18. The Kier molecular flexibility index (Phi) is 11.9. The SMILES string of the molecule is CCCCC(CC)COC(CC)C(CCC)NC. The third kappa shape index (κ3) is 7.38. The van der Waals surface area contributed by atoms with Crippen LogP contribution in [0, 0.1) is 5.92 Å². The van der Waals surface area contributed by atoms with Gasteiger partial charge >= 0.3 is 0 Å². The predicted molar refractivity (Wildman–Crippen MR) is 81.1 cm³/mol.